The zero-order valence-corrected chi connectivity index (χ0v) is 11.6. The van der Waals surface area contributed by atoms with Crippen LogP contribution >= 0.6 is 11.3 Å². The van der Waals surface area contributed by atoms with Crippen LogP contribution < -0.4 is 5.73 Å². The van der Waals surface area contributed by atoms with Crippen LogP contribution in [0.5, 0.6) is 0 Å². The fourth-order valence-electron chi connectivity index (χ4n) is 2.62. The van der Waals surface area contributed by atoms with Crippen LogP contribution in [-0.2, 0) is 6.42 Å². The lowest BCUT2D eigenvalue weighted by Crippen LogP contribution is -2.38. The van der Waals surface area contributed by atoms with Crippen LogP contribution in [0.25, 0.3) is 0 Å². The van der Waals surface area contributed by atoms with Gasteiger partial charge in [0.05, 0.1) is 6.04 Å². The molecule has 2 aromatic rings. The predicted octanol–water partition coefficient (Wildman–Crippen LogP) is 3.09. The summed E-state index contributed by atoms with van der Waals surface area (Å²) in [6.45, 7) is 2.87. The number of anilines is 1. The van der Waals surface area contributed by atoms with E-state index in [1.807, 2.05) is 17.0 Å². The van der Waals surface area contributed by atoms with E-state index in [0.29, 0.717) is 11.3 Å². The number of thiophene rings is 1. The van der Waals surface area contributed by atoms with Crippen LogP contribution in [0.2, 0.25) is 0 Å². The highest BCUT2D eigenvalue weighted by atomic mass is 32.1. The maximum absolute atomic E-state index is 12.6. The third kappa shape index (κ3) is 2.12. The Morgan fingerprint density at radius 1 is 1.42 bits per heavy atom. The molecule has 0 radical (unpaired) electrons. The number of nitrogen functional groups attached to an aromatic ring is 1. The van der Waals surface area contributed by atoms with Crippen molar-refractivity contribution in [2.75, 3.05) is 12.3 Å². The number of rotatable bonds is 1. The molecule has 0 aliphatic carbocycles. The normalized spacial score (nSPS) is 18.2. The molecule has 19 heavy (non-hydrogen) atoms. The SMILES string of the molecule is CC1c2ccsc2CCN1C(=O)c1cccc(N)c1. The van der Waals surface area contributed by atoms with Gasteiger partial charge in [0.15, 0.2) is 0 Å². The molecule has 0 bridgehead atoms. The van der Waals surface area contributed by atoms with Crippen molar-refractivity contribution in [2.24, 2.45) is 0 Å². The van der Waals surface area contributed by atoms with Gasteiger partial charge in [0.2, 0.25) is 0 Å². The van der Waals surface area contributed by atoms with E-state index in [9.17, 15) is 4.79 Å². The average molecular weight is 272 g/mol. The number of carbonyl (C=O) groups is 1. The maximum Gasteiger partial charge on any atom is 0.254 e. The number of nitrogens with two attached hydrogens (primary N) is 1. The van der Waals surface area contributed by atoms with Gasteiger partial charge < -0.3 is 10.6 Å². The topological polar surface area (TPSA) is 46.3 Å². The molecule has 1 amide bonds. The van der Waals surface area contributed by atoms with E-state index in [-0.39, 0.29) is 11.9 Å². The summed E-state index contributed by atoms with van der Waals surface area (Å²) in [6.07, 6.45) is 0.950. The first-order valence-corrected chi connectivity index (χ1v) is 7.27. The van der Waals surface area contributed by atoms with Crippen LogP contribution in [-0.4, -0.2) is 17.4 Å². The van der Waals surface area contributed by atoms with Crippen molar-refractivity contribution < 1.29 is 4.79 Å². The number of fused-ring (bicyclic) bond motifs is 1. The highest BCUT2D eigenvalue weighted by Gasteiger charge is 2.28. The van der Waals surface area contributed by atoms with E-state index in [4.69, 9.17) is 5.73 Å². The van der Waals surface area contributed by atoms with Crippen LogP contribution in [0.4, 0.5) is 5.69 Å². The first kappa shape index (κ1) is 12.2. The van der Waals surface area contributed by atoms with Gasteiger partial charge in [-0.15, -0.1) is 11.3 Å². The molecule has 1 atom stereocenters. The molecule has 3 nitrogen and oxygen atoms in total. The molecular weight excluding hydrogens is 256 g/mol. The van der Waals surface area contributed by atoms with E-state index < -0.39 is 0 Å². The third-order valence-electron chi connectivity index (χ3n) is 3.67. The molecule has 1 aromatic carbocycles. The van der Waals surface area contributed by atoms with Crippen molar-refractivity contribution in [1.29, 1.82) is 0 Å². The minimum absolute atomic E-state index is 0.0663. The van der Waals surface area contributed by atoms with E-state index in [2.05, 4.69) is 18.4 Å². The Hall–Kier alpha value is -1.81. The summed E-state index contributed by atoms with van der Waals surface area (Å²) in [5.41, 5.74) is 8.34. The van der Waals surface area contributed by atoms with Gasteiger partial charge in [-0.2, -0.15) is 0 Å². The largest absolute Gasteiger partial charge is 0.399 e. The molecule has 1 aliphatic rings. The Labute approximate surface area is 116 Å². The van der Waals surface area contributed by atoms with Crippen LogP contribution in [0.3, 0.4) is 0 Å². The monoisotopic (exact) mass is 272 g/mol. The van der Waals surface area contributed by atoms with Gasteiger partial charge in [0.25, 0.3) is 5.91 Å². The van der Waals surface area contributed by atoms with Gasteiger partial charge in [-0.05, 0) is 48.6 Å². The second-order valence-corrected chi connectivity index (χ2v) is 5.85. The lowest BCUT2D eigenvalue weighted by atomic mass is 10.0. The molecule has 2 heterocycles. The third-order valence-corrected chi connectivity index (χ3v) is 4.67. The van der Waals surface area contributed by atoms with Gasteiger partial charge in [0.1, 0.15) is 0 Å². The Morgan fingerprint density at radius 3 is 3.05 bits per heavy atom. The van der Waals surface area contributed by atoms with Crippen molar-refractivity contribution in [3.05, 3.63) is 51.7 Å². The molecular formula is C15H16N2OS. The predicted molar refractivity (Wildman–Crippen MR) is 78.3 cm³/mol. The van der Waals surface area contributed by atoms with Gasteiger partial charge in [0, 0.05) is 22.7 Å². The Kier molecular flexibility index (Phi) is 3.03. The summed E-state index contributed by atoms with van der Waals surface area (Å²) >= 11 is 1.78. The second-order valence-electron chi connectivity index (χ2n) is 4.85. The summed E-state index contributed by atoms with van der Waals surface area (Å²) in [5, 5.41) is 2.11. The fraction of sp³-hybridized carbons (Fsp3) is 0.267. The van der Waals surface area contributed by atoms with Gasteiger partial charge in [-0.1, -0.05) is 6.07 Å². The van der Waals surface area contributed by atoms with Gasteiger partial charge >= 0.3 is 0 Å². The summed E-state index contributed by atoms with van der Waals surface area (Å²) in [6, 6.07) is 9.47. The van der Waals surface area contributed by atoms with E-state index in [1.54, 1.807) is 23.5 Å². The van der Waals surface area contributed by atoms with Crippen molar-refractivity contribution >= 4 is 22.9 Å². The lowest BCUT2D eigenvalue weighted by Gasteiger charge is -2.33. The first-order chi connectivity index (χ1) is 9.16. The fourth-order valence-corrected chi connectivity index (χ4v) is 3.59. The lowest BCUT2D eigenvalue weighted by molar-refractivity contribution is 0.0679. The highest BCUT2D eigenvalue weighted by Crippen LogP contribution is 2.33. The molecule has 4 heteroatoms. The van der Waals surface area contributed by atoms with Crippen molar-refractivity contribution in [3.8, 4) is 0 Å². The molecule has 1 aliphatic heterocycles. The van der Waals surface area contributed by atoms with Gasteiger partial charge in [-0.25, -0.2) is 0 Å². The van der Waals surface area contributed by atoms with Crippen molar-refractivity contribution in [3.63, 3.8) is 0 Å². The Bertz CT molecular complexity index is 620. The molecule has 98 valence electrons. The van der Waals surface area contributed by atoms with Crippen LogP contribution in [0.1, 0.15) is 33.8 Å². The number of nitrogens with zero attached hydrogens (tertiary/aromatic N) is 1. The number of amides is 1. The highest BCUT2D eigenvalue weighted by molar-refractivity contribution is 7.10. The van der Waals surface area contributed by atoms with Gasteiger partial charge in [-0.3, -0.25) is 4.79 Å². The molecule has 2 N–H and O–H groups in total. The molecule has 0 fully saturated rings. The second kappa shape index (κ2) is 4.70. The summed E-state index contributed by atoms with van der Waals surface area (Å²) in [7, 11) is 0. The summed E-state index contributed by atoms with van der Waals surface area (Å²) in [5.74, 6) is 0.0663. The average Bonchev–Trinajstić information content (AvgIpc) is 2.88. The van der Waals surface area contributed by atoms with E-state index in [1.165, 1.54) is 10.4 Å². The maximum atomic E-state index is 12.6. The van der Waals surface area contributed by atoms with Crippen LogP contribution in [0, 0.1) is 0 Å². The number of hydrogen-bond donors (Lipinski definition) is 1. The molecule has 3 rings (SSSR count). The Morgan fingerprint density at radius 2 is 2.26 bits per heavy atom. The summed E-state index contributed by atoms with van der Waals surface area (Å²) < 4.78 is 0. The van der Waals surface area contributed by atoms with Crippen LogP contribution in [0.15, 0.2) is 35.7 Å². The molecule has 0 spiro atoms. The van der Waals surface area contributed by atoms with E-state index >= 15 is 0 Å². The first-order valence-electron chi connectivity index (χ1n) is 6.39. The smallest absolute Gasteiger partial charge is 0.254 e. The minimum Gasteiger partial charge on any atom is -0.399 e. The molecule has 0 saturated carbocycles. The van der Waals surface area contributed by atoms with E-state index in [0.717, 1.165) is 13.0 Å². The molecule has 1 aromatic heterocycles. The zero-order valence-electron chi connectivity index (χ0n) is 10.8. The van der Waals surface area contributed by atoms with Crippen molar-refractivity contribution in [2.45, 2.75) is 19.4 Å². The van der Waals surface area contributed by atoms with Crippen molar-refractivity contribution in [1.82, 2.24) is 4.90 Å². The number of hydrogen-bond acceptors (Lipinski definition) is 3. The zero-order chi connectivity index (χ0) is 13.4. The number of benzene rings is 1. The summed E-state index contributed by atoms with van der Waals surface area (Å²) in [4.78, 5) is 15.9. The quantitative estimate of drug-likeness (QED) is 0.811. The molecule has 1 unspecified atom stereocenters. The number of carbonyl (C=O) groups excluding carboxylic acids is 1. The molecule has 0 saturated heterocycles. The Balaban J connectivity index is 1.90. The standard InChI is InChI=1S/C15H16N2OS/c1-10-13-6-8-19-14(13)5-7-17(10)15(18)11-3-2-4-12(16)9-11/h2-4,6,8-10H,5,7,16H2,1H3. The minimum atomic E-state index is 0.0663.